The van der Waals surface area contributed by atoms with Gasteiger partial charge in [0.1, 0.15) is 5.75 Å². The average Bonchev–Trinajstić information content (AvgIpc) is 2.97. The normalized spacial score (nSPS) is 20.0. The fraction of sp³-hybridized carbons (Fsp3) is 0.300. The first-order valence-corrected chi connectivity index (χ1v) is 8.33. The van der Waals surface area contributed by atoms with E-state index in [4.69, 9.17) is 4.74 Å². The van der Waals surface area contributed by atoms with Crippen LogP contribution in [-0.2, 0) is 19.4 Å². The van der Waals surface area contributed by atoms with Gasteiger partial charge in [-0.15, -0.1) is 0 Å². The summed E-state index contributed by atoms with van der Waals surface area (Å²) in [6, 6.07) is 15.8. The molecule has 116 valence electrons. The lowest BCUT2D eigenvalue weighted by Crippen LogP contribution is -2.39. The number of rotatable bonds is 1. The molecule has 5 rings (SSSR count). The van der Waals surface area contributed by atoms with Gasteiger partial charge in [0, 0.05) is 35.7 Å². The fourth-order valence-electron chi connectivity index (χ4n) is 4.32. The predicted octanol–water partition coefficient (Wildman–Crippen LogP) is 3.83. The molecular weight excluding hydrogens is 284 g/mol. The van der Waals surface area contributed by atoms with Gasteiger partial charge in [-0.2, -0.15) is 0 Å². The average molecular weight is 304 g/mol. The van der Waals surface area contributed by atoms with Crippen LogP contribution in [0.3, 0.4) is 0 Å². The van der Waals surface area contributed by atoms with Crippen molar-refractivity contribution in [2.45, 2.75) is 25.4 Å². The van der Waals surface area contributed by atoms with Crippen LogP contribution < -0.4 is 4.74 Å². The summed E-state index contributed by atoms with van der Waals surface area (Å²) in [6.07, 6.45) is 2.21. The second-order valence-electron chi connectivity index (χ2n) is 6.63. The van der Waals surface area contributed by atoms with Gasteiger partial charge in [0.2, 0.25) is 0 Å². The minimum absolute atomic E-state index is 0.497. The van der Waals surface area contributed by atoms with Crippen LogP contribution in [0.25, 0.3) is 10.9 Å². The Hall–Kier alpha value is -2.26. The number of H-pyrrole nitrogens is 1. The predicted molar refractivity (Wildman–Crippen MR) is 91.9 cm³/mol. The summed E-state index contributed by atoms with van der Waals surface area (Å²) in [5.74, 6) is 0.973. The van der Waals surface area contributed by atoms with Crippen LogP contribution in [0.1, 0.15) is 28.4 Å². The van der Waals surface area contributed by atoms with E-state index in [1.165, 1.54) is 33.3 Å². The molecule has 1 N–H and O–H groups in total. The minimum Gasteiger partial charge on any atom is -0.497 e. The summed E-state index contributed by atoms with van der Waals surface area (Å²) in [7, 11) is 1.75. The van der Waals surface area contributed by atoms with E-state index < -0.39 is 0 Å². The van der Waals surface area contributed by atoms with Crippen molar-refractivity contribution in [2.24, 2.45) is 0 Å². The van der Waals surface area contributed by atoms with E-state index in [1.807, 2.05) is 0 Å². The Morgan fingerprint density at radius 2 is 2.09 bits per heavy atom. The van der Waals surface area contributed by atoms with Crippen molar-refractivity contribution in [1.82, 2.24) is 9.88 Å². The van der Waals surface area contributed by atoms with Crippen LogP contribution in [0.2, 0.25) is 0 Å². The first-order valence-electron chi connectivity index (χ1n) is 8.33. The first-order chi connectivity index (χ1) is 11.3. The summed E-state index contributed by atoms with van der Waals surface area (Å²) < 4.78 is 5.40. The largest absolute Gasteiger partial charge is 0.497 e. The maximum Gasteiger partial charge on any atom is 0.119 e. The number of para-hydroxylation sites is 1. The number of ether oxygens (including phenoxy) is 1. The van der Waals surface area contributed by atoms with E-state index in [0.717, 1.165) is 31.7 Å². The van der Waals surface area contributed by atoms with Gasteiger partial charge >= 0.3 is 0 Å². The zero-order valence-corrected chi connectivity index (χ0v) is 13.3. The maximum absolute atomic E-state index is 5.40. The Balaban J connectivity index is 1.61. The van der Waals surface area contributed by atoms with Crippen molar-refractivity contribution in [2.75, 3.05) is 13.7 Å². The molecule has 0 amide bonds. The Morgan fingerprint density at radius 3 is 3.00 bits per heavy atom. The zero-order valence-electron chi connectivity index (χ0n) is 13.3. The second-order valence-corrected chi connectivity index (χ2v) is 6.63. The van der Waals surface area contributed by atoms with Crippen LogP contribution in [0.5, 0.6) is 5.75 Å². The molecule has 0 saturated heterocycles. The highest BCUT2D eigenvalue weighted by Gasteiger charge is 2.33. The van der Waals surface area contributed by atoms with Crippen molar-refractivity contribution in [3.05, 3.63) is 64.8 Å². The number of methoxy groups -OCH3 is 1. The molecule has 3 nitrogen and oxygen atoms in total. The van der Waals surface area contributed by atoms with Gasteiger partial charge in [-0.25, -0.2) is 0 Å². The van der Waals surface area contributed by atoms with Gasteiger partial charge in [0.25, 0.3) is 0 Å². The Kier molecular flexibility index (Phi) is 2.79. The van der Waals surface area contributed by atoms with Crippen molar-refractivity contribution in [3.63, 3.8) is 0 Å². The Morgan fingerprint density at radius 1 is 1.17 bits per heavy atom. The molecule has 3 heteroatoms. The Bertz CT molecular complexity index is 896. The molecule has 3 heterocycles. The molecule has 2 aliphatic rings. The lowest BCUT2D eigenvalue weighted by molar-refractivity contribution is 0.159. The van der Waals surface area contributed by atoms with E-state index in [-0.39, 0.29) is 0 Å². The second kappa shape index (κ2) is 4.87. The third-order valence-electron chi connectivity index (χ3n) is 5.48. The van der Waals surface area contributed by atoms with Gasteiger partial charge in [0.05, 0.1) is 7.11 Å². The summed E-state index contributed by atoms with van der Waals surface area (Å²) >= 11 is 0. The Labute approximate surface area is 135 Å². The maximum atomic E-state index is 5.40. The molecule has 3 aromatic rings. The van der Waals surface area contributed by atoms with E-state index in [9.17, 15) is 0 Å². The van der Waals surface area contributed by atoms with E-state index >= 15 is 0 Å². The lowest BCUT2D eigenvalue weighted by atomic mass is 9.85. The molecule has 0 saturated carbocycles. The number of fused-ring (bicyclic) bond motifs is 6. The summed E-state index contributed by atoms with van der Waals surface area (Å²) in [6.45, 7) is 2.15. The van der Waals surface area contributed by atoms with Crippen LogP contribution in [-0.4, -0.2) is 23.5 Å². The molecule has 0 fully saturated rings. The van der Waals surface area contributed by atoms with Gasteiger partial charge in [0.15, 0.2) is 0 Å². The monoisotopic (exact) mass is 304 g/mol. The number of nitrogens with zero attached hydrogens (tertiary/aromatic N) is 1. The summed E-state index contributed by atoms with van der Waals surface area (Å²) in [5, 5.41) is 1.39. The van der Waals surface area contributed by atoms with Crippen LogP contribution in [0.4, 0.5) is 0 Å². The summed E-state index contributed by atoms with van der Waals surface area (Å²) in [5.41, 5.74) is 7.11. The van der Waals surface area contributed by atoms with Crippen molar-refractivity contribution in [1.29, 1.82) is 0 Å². The highest BCUT2D eigenvalue weighted by atomic mass is 16.5. The molecule has 23 heavy (non-hydrogen) atoms. The number of hydrogen-bond acceptors (Lipinski definition) is 2. The van der Waals surface area contributed by atoms with Gasteiger partial charge in [-0.3, -0.25) is 4.90 Å². The van der Waals surface area contributed by atoms with Crippen molar-refractivity contribution >= 4 is 10.9 Å². The number of benzene rings is 2. The smallest absolute Gasteiger partial charge is 0.119 e. The first kappa shape index (κ1) is 13.2. The minimum atomic E-state index is 0.497. The van der Waals surface area contributed by atoms with E-state index in [2.05, 4.69) is 52.3 Å². The van der Waals surface area contributed by atoms with Gasteiger partial charge in [-0.05, 0) is 47.7 Å². The molecule has 0 radical (unpaired) electrons. The van der Waals surface area contributed by atoms with E-state index in [1.54, 1.807) is 7.11 Å². The summed E-state index contributed by atoms with van der Waals surface area (Å²) in [4.78, 5) is 6.25. The molecule has 0 bridgehead atoms. The van der Waals surface area contributed by atoms with Crippen LogP contribution in [0, 0.1) is 0 Å². The van der Waals surface area contributed by atoms with Crippen molar-refractivity contribution < 1.29 is 4.74 Å². The molecule has 0 aliphatic carbocycles. The quantitative estimate of drug-likeness (QED) is 0.740. The molecule has 0 spiro atoms. The molecular formula is C20H20N2O. The highest BCUT2D eigenvalue weighted by Crippen LogP contribution is 2.41. The molecule has 1 atom stereocenters. The van der Waals surface area contributed by atoms with Gasteiger partial charge in [-0.1, -0.05) is 24.3 Å². The van der Waals surface area contributed by atoms with Crippen LogP contribution in [0.15, 0.2) is 42.5 Å². The van der Waals surface area contributed by atoms with Crippen molar-refractivity contribution in [3.8, 4) is 5.75 Å². The lowest BCUT2D eigenvalue weighted by Gasteiger charge is -2.40. The molecule has 2 aliphatic heterocycles. The third-order valence-corrected chi connectivity index (χ3v) is 5.48. The molecule has 0 unspecified atom stereocenters. The standard InChI is InChI=1S/C20H20N2O/c1-23-14-6-7-15-13(10-14)8-9-22-12-19-17(11-20(15)22)16-4-2-3-5-18(16)21-19/h2-7,10,20-21H,8-9,11-12H2,1H3/t20-/m0/s1. The number of nitrogens with one attached hydrogen (secondary N) is 1. The number of aromatic nitrogens is 1. The fourth-order valence-corrected chi connectivity index (χ4v) is 4.32. The topological polar surface area (TPSA) is 28.3 Å². The van der Waals surface area contributed by atoms with Gasteiger partial charge < -0.3 is 9.72 Å². The zero-order chi connectivity index (χ0) is 15.4. The molecule has 1 aromatic heterocycles. The number of aromatic amines is 1. The highest BCUT2D eigenvalue weighted by molar-refractivity contribution is 5.85. The van der Waals surface area contributed by atoms with E-state index in [0.29, 0.717) is 6.04 Å². The SMILES string of the molecule is COc1ccc2c(c1)CCN1Cc3[nH]c4ccccc4c3C[C@@H]21. The molecule has 2 aromatic carbocycles. The van der Waals surface area contributed by atoms with Crippen LogP contribution >= 0.6 is 0 Å². The third kappa shape index (κ3) is 1.93. The number of hydrogen-bond donors (Lipinski definition) is 1.